The summed E-state index contributed by atoms with van der Waals surface area (Å²) < 4.78 is 13.1. The van der Waals surface area contributed by atoms with E-state index in [1.165, 1.54) is 18.9 Å². The summed E-state index contributed by atoms with van der Waals surface area (Å²) in [4.78, 5) is 0. The molecule has 0 spiro atoms. The molecule has 3 heteroatoms. The maximum atomic E-state index is 13.1. The Morgan fingerprint density at radius 3 is 2.42 bits per heavy atom. The summed E-state index contributed by atoms with van der Waals surface area (Å²) in [5.41, 5.74) is 1.03. The van der Waals surface area contributed by atoms with Crippen LogP contribution in [0.3, 0.4) is 0 Å². The van der Waals surface area contributed by atoms with Crippen molar-refractivity contribution in [2.45, 2.75) is 59.0 Å². The second-order valence-corrected chi connectivity index (χ2v) is 6.19. The topological polar surface area (TPSA) is 12.0 Å². The molecule has 2 unspecified atom stereocenters. The summed E-state index contributed by atoms with van der Waals surface area (Å²) in [6.07, 6.45) is 3.67. The number of rotatable bonds is 7. The van der Waals surface area contributed by atoms with Gasteiger partial charge in [-0.25, -0.2) is 4.39 Å². The lowest BCUT2D eigenvalue weighted by Crippen LogP contribution is -2.29. The molecular weight excluding hydrogens is 261 g/mol. The molecule has 1 N–H and O–H groups in total. The van der Waals surface area contributed by atoms with E-state index in [1.54, 1.807) is 12.1 Å². The average Bonchev–Trinajstić information content (AvgIpc) is 2.32. The van der Waals surface area contributed by atoms with E-state index in [1.807, 2.05) is 0 Å². The summed E-state index contributed by atoms with van der Waals surface area (Å²) in [6, 6.07) is 5.57. The molecule has 0 aromatic heterocycles. The van der Waals surface area contributed by atoms with Crippen molar-refractivity contribution < 1.29 is 4.39 Å². The van der Waals surface area contributed by atoms with Crippen molar-refractivity contribution in [1.29, 1.82) is 0 Å². The Labute approximate surface area is 121 Å². The van der Waals surface area contributed by atoms with Crippen molar-refractivity contribution in [1.82, 2.24) is 5.32 Å². The Bertz CT molecular complexity index is 392. The normalized spacial score (nSPS) is 14.7. The van der Waals surface area contributed by atoms with E-state index in [4.69, 9.17) is 11.6 Å². The van der Waals surface area contributed by atoms with E-state index in [0.29, 0.717) is 6.04 Å². The molecule has 1 nitrogen and oxygen atoms in total. The van der Waals surface area contributed by atoms with Crippen molar-refractivity contribution in [3.63, 3.8) is 0 Å². The highest BCUT2D eigenvalue weighted by atomic mass is 35.5. The highest BCUT2D eigenvalue weighted by Crippen LogP contribution is 2.21. The highest BCUT2D eigenvalue weighted by molar-refractivity contribution is 6.30. The van der Waals surface area contributed by atoms with Gasteiger partial charge in [0.05, 0.1) is 5.02 Å². The van der Waals surface area contributed by atoms with Crippen LogP contribution >= 0.6 is 11.6 Å². The predicted octanol–water partition coefficient (Wildman–Crippen LogP) is 5.34. The van der Waals surface area contributed by atoms with Crippen molar-refractivity contribution in [2.24, 2.45) is 5.92 Å². The smallest absolute Gasteiger partial charge is 0.141 e. The maximum Gasteiger partial charge on any atom is 0.141 e. The third-order valence-electron chi connectivity index (χ3n) is 3.40. The lowest BCUT2D eigenvalue weighted by atomic mass is 10.0. The van der Waals surface area contributed by atoms with Crippen LogP contribution in [0.2, 0.25) is 5.02 Å². The summed E-state index contributed by atoms with van der Waals surface area (Å²) in [5, 5.41) is 3.73. The molecule has 0 amide bonds. The van der Waals surface area contributed by atoms with Gasteiger partial charge in [-0.05, 0) is 43.9 Å². The van der Waals surface area contributed by atoms with Gasteiger partial charge >= 0.3 is 0 Å². The molecule has 0 fully saturated rings. The molecule has 0 saturated heterocycles. The second-order valence-electron chi connectivity index (χ2n) is 5.79. The van der Waals surface area contributed by atoms with E-state index in [9.17, 15) is 4.39 Å². The van der Waals surface area contributed by atoms with Crippen LogP contribution in [0.5, 0.6) is 0 Å². The van der Waals surface area contributed by atoms with Crippen LogP contribution < -0.4 is 5.32 Å². The first kappa shape index (κ1) is 16.5. The highest BCUT2D eigenvalue weighted by Gasteiger charge is 2.11. The van der Waals surface area contributed by atoms with Gasteiger partial charge < -0.3 is 5.32 Å². The lowest BCUT2D eigenvalue weighted by molar-refractivity contribution is 0.423. The van der Waals surface area contributed by atoms with Gasteiger partial charge in [0.15, 0.2) is 0 Å². The predicted molar refractivity (Wildman–Crippen MR) is 81.1 cm³/mol. The molecule has 2 atom stereocenters. The van der Waals surface area contributed by atoms with Gasteiger partial charge in [0, 0.05) is 12.1 Å². The number of hydrogen-bond acceptors (Lipinski definition) is 1. The zero-order valence-electron chi connectivity index (χ0n) is 12.3. The second kappa shape index (κ2) is 7.86. The van der Waals surface area contributed by atoms with Crippen LogP contribution in [-0.4, -0.2) is 6.04 Å². The minimum atomic E-state index is -0.359. The molecule has 1 aromatic carbocycles. The standard InChI is InChI=1S/C16H25ClFN/c1-11(2)6-5-7-12(3)19-13(4)14-8-9-16(18)15(17)10-14/h8-13,19H,5-7H2,1-4H3. The van der Waals surface area contributed by atoms with Crippen molar-refractivity contribution in [2.75, 3.05) is 0 Å². The van der Waals surface area contributed by atoms with Gasteiger partial charge in [-0.15, -0.1) is 0 Å². The van der Waals surface area contributed by atoms with Crippen LogP contribution in [-0.2, 0) is 0 Å². The average molecular weight is 286 g/mol. The van der Waals surface area contributed by atoms with Crippen LogP contribution in [0.4, 0.5) is 4.39 Å². The molecule has 108 valence electrons. The van der Waals surface area contributed by atoms with E-state index in [-0.39, 0.29) is 16.9 Å². The molecular formula is C16H25ClFN. The molecule has 0 aliphatic heterocycles. The van der Waals surface area contributed by atoms with Gasteiger partial charge in [-0.2, -0.15) is 0 Å². The first-order valence-electron chi connectivity index (χ1n) is 7.11. The molecule has 19 heavy (non-hydrogen) atoms. The van der Waals surface area contributed by atoms with Crippen molar-refractivity contribution >= 4 is 11.6 Å². The van der Waals surface area contributed by atoms with Gasteiger partial charge in [0.2, 0.25) is 0 Å². The SMILES string of the molecule is CC(C)CCCC(C)NC(C)c1ccc(F)c(Cl)c1. The third kappa shape index (κ3) is 5.92. The number of nitrogens with one attached hydrogen (secondary N) is 1. The zero-order chi connectivity index (χ0) is 14.4. The molecule has 0 aliphatic carbocycles. The summed E-state index contributed by atoms with van der Waals surface area (Å²) in [5.74, 6) is 0.406. The fraction of sp³-hybridized carbons (Fsp3) is 0.625. The third-order valence-corrected chi connectivity index (χ3v) is 3.69. The van der Waals surface area contributed by atoms with Crippen LogP contribution in [0, 0.1) is 11.7 Å². The minimum Gasteiger partial charge on any atom is -0.308 e. The van der Waals surface area contributed by atoms with Gasteiger partial charge in [-0.1, -0.05) is 44.4 Å². The molecule has 0 bridgehead atoms. The quantitative estimate of drug-likeness (QED) is 0.712. The van der Waals surface area contributed by atoms with E-state index in [2.05, 4.69) is 33.0 Å². The zero-order valence-corrected chi connectivity index (χ0v) is 13.1. The van der Waals surface area contributed by atoms with Gasteiger partial charge in [0.1, 0.15) is 5.82 Å². The lowest BCUT2D eigenvalue weighted by Gasteiger charge is -2.21. The van der Waals surface area contributed by atoms with Crippen LogP contribution in [0.25, 0.3) is 0 Å². The number of hydrogen-bond donors (Lipinski definition) is 1. The van der Waals surface area contributed by atoms with Gasteiger partial charge in [-0.3, -0.25) is 0 Å². The van der Waals surface area contributed by atoms with E-state index in [0.717, 1.165) is 17.9 Å². The molecule has 1 aromatic rings. The number of benzene rings is 1. The molecule has 0 heterocycles. The Balaban J connectivity index is 2.44. The van der Waals surface area contributed by atoms with Crippen LogP contribution in [0.15, 0.2) is 18.2 Å². The van der Waals surface area contributed by atoms with E-state index < -0.39 is 0 Å². The molecule has 0 saturated carbocycles. The van der Waals surface area contributed by atoms with Crippen molar-refractivity contribution in [3.8, 4) is 0 Å². The minimum absolute atomic E-state index is 0.187. The Morgan fingerprint density at radius 2 is 1.84 bits per heavy atom. The van der Waals surface area contributed by atoms with Crippen LogP contribution in [0.1, 0.15) is 58.6 Å². The summed E-state index contributed by atoms with van der Waals surface area (Å²) in [6.45, 7) is 8.78. The largest absolute Gasteiger partial charge is 0.308 e. The summed E-state index contributed by atoms with van der Waals surface area (Å²) >= 11 is 5.81. The first-order chi connectivity index (χ1) is 8.90. The Hall–Kier alpha value is -0.600. The van der Waals surface area contributed by atoms with Crippen molar-refractivity contribution in [3.05, 3.63) is 34.6 Å². The number of halogens is 2. The fourth-order valence-electron chi connectivity index (χ4n) is 2.22. The Morgan fingerprint density at radius 1 is 1.16 bits per heavy atom. The van der Waals surface area contributed by atoms with E-state index >= 15 is 0 Å². The monoisotopic (exact) mass is 285 g/mol. The molecule has 1 rings (SSSR count). The molecule has 0 radical (unpaired) electrons. The Kier molecular flexibility index (Phi) is 6.81. The maximum absolute atomic E-state index is 13.1. The molecule has 0 aliphatic rings. The summed E-state index contributed by atoms with van der Waals surface area (Å²) in [7, 11) is 0. The van der Waals surface area contributed by atoms with Gasteiger partial charge in [0.25, 0.3) is 0 Å². The first-order valence-corrected chi connectivity index (χ1v) is 7.49. The fourth-order valence-corrected chi connectivity index (χ4v) is 2.41.